The Hall–Kier alpha value is -0.0800. The maximum absolute atomic E-state index is 10.7. The van der Waals surface area contributed by atoms with E-state index in [1.807, 2.05) is 0 Å². The van der Waals surface area contributed by atoms with Crippen molar-refractivity contribution in [3.63, 3.8) is 0 Å². The summed E-state index contributed by atoms with van der Waals surface area (Å²) in [7, 11) is 0. The second kappa shape index (κ2) is 17.3. The molecule has 0 aromatic carbocycles. The number of aliphatic hydroxyl groups is 1. The molecule has 3 N–H and O–H groups in total. The van der Waals surface area contributed by atoms with Crippen LogP contribution in [0.15, 0.2) is 4.99 Å². The predicted octanol–water partition coefficient (Wildman–Crippen LogP) is 3.61. The lowest BCUT2D eigenvalue weighted by atomic mass is 9.93. The van der Waals surface area contributed by atoms with Crippen molar-refractivity contribution in [1.82, 2.24) is 15.5 Å². The fraction of sp³-hybridized carbons (Fsp3) is 0.947. The van der Waals surface area contributed by atoms with Crippen LogP contribution in [0.2, 0.25) is 0 Å². The summed E-state index contributed by atoms with van der Waals surface area (Å²) < 4.78 is 0. The van der Waals surface area contributed by atoms with Gasteiger partial charge in [-0.2, -0.15) is 0 Å². The molecule has 5 nitrogen and oxygen atoms in total. The molecule has 0 atom stereocenters. The fourth-order valence-corrected chi connectivity index (χ4v) is 2.99. The summed E-state index contributed by atoms with van der Waals surface area (Å²) in [5.41, 5.74) is -0.658. The molecular formula is C19H43IN4O. The van der Waals surface area contributed by atoms with Gasteiger partial charge in [-0.15, -0.1) is 24.0 Å². The highest BCUT2D eigenvalue weighted by Gasteiger charge is 2.24. The quantitative estimate of drug-likeness (QED) is 0.157. The first-order valence-electron chi connectivity index (χ1n) is 10.0. The average Bonchev–Trinajstić information content (AvgIpc) is 2.56. The van der Waals surface area contributed by atoms with E-state index in [0.29, 0.717) is 6.54 Å². The van der Waals surface area contributed by atoms with E-state index in [-0.39, 0.29) is 24.0 Å². The third-order valence-corrected chi connectivity index (χ3v) is 4.39. The van der Waals surface area contributed by atoms with E-state index in [4.69, 9.17) is 0 Å². The van der Waals surface area contributed by atoms with Crippen molar-refractivity contribution in [2.24, 2.45) is 4.99 Å². The smallest absolute Gasteiger partial charge is 0.191 e. The van der Waals surface area contributed by atoms with Gasteiger partial charge in [-0.1, -0.05) is 40.5 Å². The predicted molar refractivity (Wildman–Crippen MR) is 121 cm³/mol. The zero-order valence-electron chi connectivity index (χ0n) is 17.2. The Balaban J connectivity index is 0. The Bertz CT molecular complexity index is 317. The van der Waals surface area contributed by atoms with Gasteiger partial charge in [0.25, 0.3) is 0 Å². The zero-order valence-corrected chi connectivity index (χ0v) is 19.6. The highest BCUT2D eigenvalue weighted by molar-refractivity contribution is 14.0. The first-order chi connectivity index (χ1) is 11.5. The Morgan fingerprint density at radius 2 is 1.56 bits per heavy atom. The SMILES string of the molecule is CCCC(O)(CCC)CN=C(NCC)NCCCCN(CC)CC.I. The normalized spacial score (nSPS) is 12.2. The molecule has 25 heavy (non-hydrogen) atoms. The van der Waals surface area contributed by atoms with Crippen molar-refractivity contribution in [2.75, 3.05) is 39.3 Å². The number of aliphatic imine (C=N–C) groups is 1. The number of rotatable bonds is 14. The Morgan fingerprint density at radius 3 is 2.04 bits per heavy atom. The van der Waals surface area contributed by atoms with Crippen molar-refractivity contribution in [1.29, 1.82) is 0 Å². The molecule has 0 aliphatic rings. The lowest BCUT2D eigenvalue weighted by Crippen LogP contribution is -2.40. The van der Waals surface area contributed by atoms with E-state index in [0.717, 1.165) is 70.8 Å². The molecule has 152 valence electrons. The van der Waals surface area contributed by atoms with Crippen LogP contribution in [0.25, 0.3) is 0 Å². The van der Waals surface area contributed by atoms with Crippen LogP contribution in [0.5, 0.6) is 0 Å². The molecule has 0 bridgehead atoms. The summed E-state index contributed by atoms with van der Waals surface area (Å²) in [6.07, 6.45) is 5.93. The molecule has 0 amide bonds. The van der Waals surface area contributed by atoms with Gasteiger partial charge in [0.1, 0.15) is 0 Å². The van der Waals surface area contributed by atoms with Crippen LogP contribution in [-0.2, 0) is 0 Å². The van der Waals surface area contributed by atoms with Crippen molar-refractivity contribution in [3.05, 3.63) is 0 Å². The van der Waals surface area contributed by atoms with Crippen LogP contribution in [0.1, 0.15) is 73.1 Å². The van der Waals surface area contributed by atoms with Crippen molar-refractivity contribution < 1.29 is 5.11 Å². The van der Waals surface area contributed by atoms with Crippen LogP contribution in [0.4, 0.5) is 0 Å². The molecule has 0 spiro atoms. The summed E-state index contributed by atoms with van der Waals surface area (Å²) in [4.78, 5) is 7.08. The molecule has 0 saturated carbocycles. The number of hydrogen-bond acceptors (Lipinski definition) is 3. The van der Waals surface area contributed by atoms with Gasteiger partial charge in [0.2, 0.25) is 0 Å². The van der Waals surface area contributed by atoms with E-state index in [9.17, 15) is 5.11 Å². The highest BCUT2D eigenvalue weighted by Crippen LogP contribution is 2.19. The summed E-state index contributed by atoms with van der Waals surface area (Å²) in [6, 6.07) is 0. The highest BCUT2D eigenvalue weighted by atomic mass is 127. The summed E-state index contributed by atoms with van der Waals surface area (Å²) in [5, 5.41) is 17.4. The summed E-state index contributed by atoms with van der Waals surface area (Å²) >= 11 is 0. The van der Waals surface area contributed by atoms with Crippen LogP contribution in [0.3, 0.4) is 0 Å². The monoisotopic (exact) mass is 470 g/mol. The number of nitrogens with zero attached hydrogens (tertiary/aromatic N) is 2. The van der Waals surface area contributed by atoms with E-state index in [1.54, 1.807) is 0 Å². The molecule has 0 radical (unpaired) electrons. The number of hydrogen-bond donors (Lipinski definition) is 3. The topological polar surface area (TPSA) is 59.9 Å². The minimum atomic E-state index is -0.658. The molecular weight excluding hydrogens is 427 g/mol. The molecule has 0 aromatic heterocycles. The Morgan fingerprint density at radius 1 is 0.960 bits per heavy atom. The van der Waals surface area contributed by atoms with E-state index in [2.05, 4.69) is 55.1 Å². The number of unbranched alkanes of at least 4 members (excludes halogenated alkanes) is 1. The van der Waals surface area contributed by atoms with E-state index in [1.165, 1.54) is 6.42 Å². The number of nitrogens with one attached hydrogen (secondary N) is 2. The van der Waals surface area contributed by atoms with E-state index >= 15 is 0 Å². The Kier molecular flexibility index (Phi) is 18.8. The van der Waals surface area contributed by atoms with Gasteiger partial charge in [-0.3, -0.25) is 4.99 Å². The summed E-state index contributed by atoms with van der Waals surface area (Å²) in [6.45, 7) is 16.4. The molecule has 0 heterocycles. The first-order valence-corrected chi connectivity index (χ1v) is 10.0. The molecule has 6 heteroatoms. The summed E-state index contributed by atoms with van der Waals surface area (Å²) in [5.74, 6) is 0.825. The third-order valence-electron chi connectivity index (χ3n) is 4.39. The van der Waals surface area contributed by atoms with Crippen LogP contribution in [0, 0.1) is 0 Å². The van der Waals surface area contributed by atoms with Gasteiger partial charge >= 0.3 is 0 Å². The minimum Gasteiger partial charge on any atom is -0.388 e. The van der Waals surface area contributed by atoms with Gasteiger partial charge in [0, 0.05) is 13.1 Å². The van der Waals surface area contributed by atoms with E-state index < -0.39 is 5.60 Å². The van der Waals surface area contributed by atoms with Crippen molar-refractivity contribution >= 4 is 29.9 Å². The van der Waals surface area contributed by atoms with Crippen LogP contribution < -0.4 is 10.6 Å². The minimum absolute atomic E-state index is 0. The van der Waals surface area contributed by atoms with Gasteiger partial charge in [0.05, 0.1) is 12.1 Å². The molecule has 0 rings (SSSR count). The fourth-order valence-electron chi connectivity index (χ4n) is 2.99. The number of halogens is 1. The van der Waals surface area contributed by atoms with Gasteiger partial charge in [0.15, 0.2) is 5.96 Å². The zero-order chi connectivity index (χ0) is 18.3. The van der Waals surface area contributed by atoms with Gasteiger partial charge in [-0.25, -0.2) is 0 Å². The third kappa shape index (κ3) is 13.7. The lowest BCUT2D eigenvalue weighted by Gasteiger charge is -2.26. The second-order valence-corrected chi connectivity index (χ2v) is 6.58. The first kappa shape index (κ1) is 27.1. The molecule has 0 fully saturated rings. The number of guanidine groups is 1. The molecule has 0 aliphatic heterocycles. The van der Waals surface area contributed by atoms with Crippen molar-refractivity contribution in [2.45, 2.75) is 78.7 Å². The maximum atomic E-state index is 10.7. The maximum Gasteiger partial charge on any atom is 0.191 e. The molecule has 0 aromatic rings. The van der Waals surface area contributed by atoms with Gasteiger partial charge < -0.3 is 20.6 Å². The Labute approximate surface area is 173 Å². The van der Waals surface area contributed by atoms with Gasteiger partial charge in [-0.05, 0) is 52.2 Å². The van der Waals surface area contributed by atoms with Crippen LogP contribution in [-0.4, -0.2) is 60.8 Å². The lowest BCUT2D eigenvalue weighted by molar-refractivity contribution is 0.0306. The average molecular weight is 470 g/mol. The molecule has 0 saturated heterocycles. The standard InChI is InChI=1S/C19H42N4O.HI/c1-6-13-19(24,14-7-2)17-22-18(20-8-3)21-15-11-12-16-23(9-4)10-5;/h24H,6-17H2,1-5H3,(H2,20,21,22);1H. The molecule has 0 aliphatic carbocycles. The second-order valence-electron chi connectivity index (χ2n) is 6.58. The van der Waals surface area contributed by atoms with Crippen molar-refractivity contribution in [3.8, 4) is 0 Å². The van der Waals surface area contributed by atoms with Crippen LogP contribution >= 0.6 is 24.0 Å². The molecule has 0 unspecified atom stereocenters. The largest absolute Gasteiger partial charge is 0.388 e.